The number of sulfone groups is 1. The summed E-state index contributed by atoms with van der Waals surface area (Å²) in [5.74, 6) is -0.592. The van der Waals surface area contributed by atoms with Crippen molar-refractivity contribution in [3.63, 3.8) is 0 Å². The molecule has 2 fully saturated rings. The summed E-state index contributed by atoms with van der Waals surface area (Å²) >= 11 is 0. The number of nitrogens with one attached hydrogen (secondary N) is 1. The van der Waals surface area contributed by atoms with E-state index >= 15 is 4.39 Å². The van der Waals surface area contributed by atoms with Crippen LogP contribution in [0.3, 0.4) is 0 Å². The van der Waals surface area contributed by atoms with Gasteiger partial charge in [0, 0.05) is 48.8 Å². The number of nitrogens with zero attached hydrogens (tertiary/aromatic N) is 4. The maximum atomic E-state index is 15.8. The molecular formula is C46H59FN6O7S. The first kappa shape index (κ1) is 45.3. The van der Waals surface area contributed by atoms with E-state index in [1.54, 1.807) is 66.8 Å². The Labute approximate surface area is 358 Å². The fourth-order valence-electron chi connectivity index (χ4n) is 7.35. The molecule has 2 saturated carbocycles. The van der Waals surface area contributed by atoms with Gasteiger partial charge in [-0.25, -0.2) is 27.4 Å². The predicted octanol–water partition coefficient (Wildman–Crippen LogP) is 8.66. The van der Waals surface area contributed by atoms with Crippen LogP contribution in [-0.2, 0) is 37.1 Å². The Morgan fingerprint density at radius 2 is 1.57 bits per heavy atom. The number of fused-ring (bicyclic) bond motifs is 1. The summed E-state index contributed by atoms with van der Waals surface area (Å²) in [6.07, 6.45) is 4.52. The smallest absolute Gasteiger partial charge is 0.425 e. The van der Waals surface area contributed by atoms with Gasteiger partial charge in [-0.15, -0.1) is 0 Å². The maximum Gasteiger partial charge on any atom is 0.425 e. The van der Waals surface area contributed by atoms with Crippen molar-refractivity contribution >= 4 is 55.9 Å². The molecule has 15 heteroatoms. The number of likely N-dealkylation sites (N-methyl/N-ethyl adjacent to an activating group) is 2. The second-order valence-electron chi connectivity index (χ2n) is 18.4. The summed E-state index contributed by atoms with van der Waals surface area (Å²) in [7, 11) is 0.119. The van der Waals surface area contributed by atoms with E-state index < -0.39 is 50.3 Å². The summed E-state index contributed by atoms with van der Waals surface area (Å²) in [4.78, 5) is 50.5. The monoisotopic (exact) mass is 858 g/mol. The normalized spacial score (nSPS) is 15.2. The van der Waals surface area contributed by atoms with E-state index in [9.17, 15) is 22.8 Å². The van der Waals surface area contributed by atoms with Crippen molar-refractivity contribution in [2.75, 3.05) is 43.1 Å². The van der Waals surface area contributed by atoms with Gasteiger partial charge in [-0.05, 0) is 140 Å². The highest BCUT2D eigenvalue weighted by atomic mass is 32.2. The Kier molecular flexibility index (Phi) is 13.3. The minimum Gasteiger partial charge on any atom is -0.443 e. The molecule has 1 aromatic heterocycles. The average molecular weight is 859 g/mol. The van der Waals surface area contributed by atoms with Crippen LogP contribution in [0.25, 0.3) is 10.8 Å². The lowest BCUT2D eigenvalue weighted by molar-refractivity contribution is -0.131. The number of aromatic nitrogens is 1. The molecule has 1 unspecified atom stereocenters. The average Bonchev–Trinajstić information content (AvgIpc) is 4.01. The number of anilines is 3. The number of hydrogen-bond donors (Lipinski definition) is 2. The number of benzene rings is 3. The molecule has 3 N–H and O–H groups in total. The van der Waals surface area contributed by atoms with Crippen LogP contribution in [0.2, 0.25) is 0 Å². The quantitative estimate of drug-likeness (QED) is 0.117. The molecule has 13 nitrogen and oxygen atoms in total. The molecule has 2 aliphatic carbocycles. The number of carbonyl (C=O) groups excluding carboxylic acids is 3. The molecule has 1 heterocycles. The number of pyridine rings is 1. The van der Waals surface area contributed by atoms with Gasteiger partial charge in [0.15, 0.2) is 15.7 Å². The minimum atomic E-state index is -3.61. The molecule has 6 rings (SSSR count). The molecule has 0 radical (unpaired) electrons. The number of ether oxygens (including phenoxy) is 2. The van der Waals surface area contributed by atoms with Crippen LogP contribution in [0, 0.1) is 11.7 Å². The van der Waals surface area contributed by atoms with Gasteiger partial charge in [0.2, 0.25) is 5.91 Å². The molecule has 0 bridgehead atoms. The highest BCUT2D eigenvalue weighted by molar-refractivity contribution is 7.92. The fraction of sp³-hybridized carbons (Fsp3) is 0.478. The van der Waals surface area contributed by atoms with Crippen molar-refractivity contribution in [1.29, 1.82) is 0 Å². The minimum absolute atomic E-state index is 0.00427. The van der Waals surface area contributed by atoms with E-state index in [-0.39, 0.29) is 33.9 Å². The highest BCUT2D eigenvalue weighted by Gasteiger charge is 2.39. The first-order valence-electron chi connectivity index (χ1n) is 20.8. The molecule has 0 aliphatic heterocycles. The largest absolute Gasteiger partial charge is 0.443 e. The third kappa shape index (κ3) is 11.4. The van der Waals surface area contributed by atoms with Crippen molar-refractivity contribution in [3.8, 4) is 0 Å². The van der Waals surface area contributed by atoms with E-state index in [1.807, 2.05) is 24.3 Å². The van der Waals surface area contributed by atoms with Gasteiger partial charge in [0.1, 0.15) is 23.1 Å². The van der Waals surface area contributed by atoms with Gasteiger partial charge >= 0.3 is 12.2 Å². The van der Waals surface area contributed by atoms with Crippen LogP contribution in [0.15, 0.2) is 71.8 Å². The maximum absolute atomic E-state index is 15.8. The van der Waals surface area contributed by atoms with Gasteiger partial charge in [-0.2, -0.15) is 4.90 Å². The number of nitrogen functional groups attached to an aromatic ring is 1. The summed E-state index contributed by atoms with van der Waals surface area (Å²) in [5, 5.41) is 2.99. The number of nitrogens with two attached hydrogens (primary N) is 1. The zero-order chi connectivity index (χ0) is 44.4. The zero-order valence-corrected chi connectivity index (χ0v) is 37.3. The molecule has 0 saturated heterocycles. The van der Waals surface area contributed by atoms with Gasteiger partial charge < -0.3 is 30.3 Å². The Morgan fingerprint density at radius 1 is 0.902 bits per heavy atom. The molecule has 328 valence electrons. The highest BCUT2D eigenvalue weighted by Crippen LogP contribution is 2.37. The van der Waals surface area contributed by atoms with E-state index in [0.717, 1.165) is 37.2 Å². The molecule has 1 atom stereocenters. The lowest BCUT2D eigenvalue weighted by atomic mass is 9.85. The Morgan fingerprint density at radius 3 is 2.18 bits per heavy atom. The van der Waals surface area contributed by atoms with Crippen LogP contribution in [0.1, 0.15) is 96.4 Å². The lowest BCUT2D eigenvalue weighted by Crippen LogP contribution is -2.44. The zero-order valence-electron chi connectivity index (χ0n) is 36.5. The topological polar surface area (TPSA) is 164 Å². The molecule has 0 spiro atoms. The van der Waals surface area contributed by atoms with Crippen molar-refractivity contribution in [2.45, 2.75) is 114 Å². The van der Waals surface area contributed by atoms with E-state index in [2.05, 4.69) is 22.2 Å². The second kappa shape index (κ2) is 18.0. The number of carbonyl (C=O) groups is 3. The summed E-state index contributed by atoms with van der Waals surface area (Å²) < 4.78 is 53.8. The SMILES string of the molecule is CN(CCc1cccc(C(Nc2ccc3c(N(C(=O)OC(C)(C)C)C(=O)OC(C)(C)C)ncc(F)c3c2)C(=O)N(C)Cc2cc(N)ccc2S(=O)(=O)C2CC2)c1)CC1CCC1. The third-order valence-corrected chi connectivity index (χ3v) is 13.1. The van der Waals surface area contributed by atoms with E-state index in [0.29, 0.717) is 40.2 Å². The van der Waals surface area contributed by atoms with Crippen LogP contribution in [-0.4, -0.2) is 84.9 Å². The number of halogens is 1. The van der Waals surface area contributed by atoms with E-state index in [1.165, 1.54) is 42.4 Å². The number of amides is 3. The van der Waals surface area contributed by atoms with Crippen molar-refractivity contribution in [1.82, 2.24) is 14.8 Å². The van der Waals surface area contributed by atoms with Crippen LogP contribution < -0.4 is 16.0 Å². The van der Waals surface area contributed by atoms with Crippen molar-refractivity contribution in [3.05, 3.63) is 89.4 Å². The molecular weight excluding hydrogens is 800 g/mol. The molecule has 2 aliphatic rings. The third-order valence-electron chi connectivity index (χ3n) is 10.7. The number of imide groups is 1. The van der Waals surface area contributed by atoms with Gasteiger partial charge in [-0.1, -0.05) is 30.7 Å². The standard InChI is InChI=1S/C46H59FN6O7S/c1-45(2,3)59-43(55)53(44(56)60-46(4,5)6)41-36-19-16-34(25-37(36)38(47)26-49-41)50-40(31-14-10-11-29(23-31)21-22-51(7)27-30-12-9-13-30)42(54)52(8)28-32-24-33(48)15-20-39(32)61(57,58)35-17-18-35/h10-11,14-16,19-20,23-26,30,35,40,50H,9,12-13,17-18,21-22,27-28,48H2,1-8H3. The Bertz CT molecular complexity index is 2360. The fourth-order valence-corrected chi connectivity index (χ4v) is 9.21. The molecule has 4 aromatic rings. The van der Waals surface area contributed by atoms with Gasteiger partial charge in [0.25, 0.3) is 0 Å². The van der Waals surface area contributed by atoms with Crippen LogP contribution in [0.4, 0.5) is 31.2 Å². The first-order chi connectivity index (χ1) is 28.6. The van der Waals surface area contributed by atoms with Crippen molar-refractivity contribution < 1.29 is 36.7 Å². The molecule has 61 heavy (non-hydrogen) atoms. The summed E-state index contributed by atoms with van der Waals surface area (Å²) in [6.45, 7) is 11.7. The van der Waals surface area contributed by atoms with Gasteiger partial charge in [0.05, 0.1) is 16.3 Å². The first-order valence-corrected chi connectivity index (χ1v) is 22.4. The summed E-state index contributed by atoms with van der Waals surface area (Å²) in [5.41, 5.74) is 6.98. The van der Waals surface area contributed by atoms with Crippen LogP contribution >= 0.6 is 0 Å². The Balaban J connectivity index is 1.36. The molecule has 3 amide bonds. The Hall–Kier alpha value is -5.28. The summed E-state index contributed by atoms with van der Waals surface area (Å²) in [6, 6.07) is 16.0. The predicted molar refractivity (Wildman–Crippen MR) is 236 cm³/mol. The lowest BCUT2D eigenvalue weighted by Gasteiger charge is -2.30. The molecule has 3 aromatic carbocycles. The number of hydrogen-bond acceptors (Lipinski definition) is 11. The number of rotatable bonds is 14. The van der Waals surface area contributed by atoms with E-state index in [4.69, 9.17) is 15.2 Å². The van der Waals surface area contributed by atoms with Crippen LogP contribution in [0.5, 0.6) is 0 Å². The van der Waals surface area contributed by atoms with Crippen molar-refractivity contribution in [2.24, 2.45) is 5.92 Å². The second-order valence-corrected chi connectivity index (χ2v) is 20.6. The van der Waals surface area contributed by atoms with Gasteiger partial charge in [-0.3, -0.25) is 4.79 Å².